The molecule has 0 saturated carbocycles. The molecule has 0 atom stereocenters. The molecule has 0 aliphatic carbocycles. The molecule has 25 heavy (non-hydrogen) atoms. The number of Topliss-reactive ketones (excluding diaryl/α,β-unsaturated/α-hetero) is 1. The van der Waals surface area contributed by atoms with Crippen molar-refractivity contribution >= 4 is 44.1 Å². The molecule has 3 aromatic rings. The Morgan fingerprint density at radius 2 is 1.84 bits per heavy atom. The number of aryl methyl sites for hydroxylation is 2. The van der Waals surface area contributed by atoms with Gasteiger partial charge in [0.25, 0.3) is 10.0 Å². The fourth-order valence-electron chi connectivity index (χ4n) is 2.84. The van der Waals surface area contributed by atoms with Crippen molar-refractivity contribution in [2.45, 2.75) is 25.7 Å². The molecule has 0 amide bonds. The molecule has 0 radical (unpaired) electrons. The lowest BCUT2D eigenvalue weighted by Crippen LogP contribution is -2.14. The van der Waals surface area contributed by atoms with Crippen molar-refractivity contribution in [1.82, 2.24) is 0 Å². The van der Waals surface area contributed by atoms with Crippen LogP contribution >= 0.6 is 11.6 Å². The largest absolute Gasteiger partial charge is 0.459 e. The lowest BCUT2D eigenvalue weighted by Gasteiger charge is -2.11. The molecule has 5 nitrogen and oxygen atoms in total. The predicted octanol–water partition coefficient (Wildman–Crippen LogP) is 4.71. The second kappa shape index (κ2) is 6.20. The monoisotopic (exact) mass is 377 g/mol. The van der Waals surface area contributed by atoms with Gasteiger partial charge in [-0.05, 0) is 44.5 Å². The van der Waals surface area contributed by atoms with E-state index in [1.54, 1.807) is 38.1 Å². The summed E-state index contributed by atoms with van der Waals surface area (Å²) in [7, 11) is -3.78. The Morgan fingerprint density at radius 3 is 2.48 bits per heavy atom. The van der Waals surface area contributed by atoms with E-state index in [9.17, 15) is 13.2 Å². The summed E-state index contributed by atoms with van der Waals surface area (Å²) in [4.78, 5) is 12.1. The third-order valence-corrected chi connectivity index (χ3v) is 5.73. The van der Waals surface area contributed by atoms with Crippen LogP contribution in [0.15, 0.2) is 45.7 Å². The summed E-state index contributed by atoms with van der Waals surface area (Å²) in [6.45, 7) is 4.82. The van der Waals surface area contributed by atoms with Crippen molar-refractivity contribution in [1.29, 1.82) is 0 Å². The van der Waals surface area contributed by atoms with E-state index in [-0.39, 0.29) is 21.4 Å². The van der Waals surface area contributed by atoms with E-state index < -0.39 is 10.0 Å². The summed E-state index contributed by atoms with van der Waals surface area (Å²) < 4.78 is 33.4. The quantitative estimate of drug-likeness (QED) is 0.668. The Hall–Kier alpha value is -2.31. The van der Waals surface area contributed by atoms with Gasteiger partial charge >= 0.3 is 0 Å². The molecule has 7 heteroatoms. The van der Waals surface area contributed by atoms with Gasteiger partial charge in [0.2, 0.25) is 0 Å². The topological polar surface area (TPSA) is 76.4 Å². The van der Waals surface area contributed by atoms with Crippen LogP contribution in [0.1, 0.15) is 28.6 Å². The number of halogens is 1. The van der Waals surface area contributed by atoms with Gasteiger partial charge in [0.1, 0.15) is 5.76 Å². The first kappa shape index (κ1) is 17.5. The molecule has 0 spiro atoms. The van der Waals surface area contributed by atoms with Crippen LogP contribution < -0.4 is 4.72 Å². The second-order valence-electron chi connectivity index (χ2n) is 5.80. The number of carbonyl (C=O) groups is 1. The zero-order chi connectivity index (χ0) is 18.4. The number of hydrogen-bond acceptors (Lipinski definition) is 4. The zero-order valence-electron chi connectivity index (χ0n) is 13.9. The van der Waals surface area contributed by atoms with E-state index in [1.807, 2.05) is 0 Å². The number of rotatable bonds is 4. The molecule has 0 bridgehead atoms. The number of nitrogens with one attached hydrogen (secondary N) is 1. The predicted molar refractivity (Wildman–Crippen MR) is 98.0 cm³/mol. The van der Waals surface area contributed by atoms with E-state index in [0.29, 0.717) is 27.9 Å². The third-order valence-electron chi connectivity index (χ3n) is 3.91. The Morgan fingerprint density at radius 1 is 1.16 bits per heavy atom. The highest BCUT2D eigenvalue weighted by Crippen LogP contribution is 2.35. The minimum atomic E-state index is -3.78. The number of hydrogen-bond donors (Lipinski definition) is 1. The van der Waals surface area contributed by atoms with E-state index in [0.717, 1.165) is 0 Å². The first-order valence-corrected chi connectivity index (χ1v) is 9.39. The highest BCUT2D eigenvalue weighted by Gasteiger charge is 2.21. The SMILES string of the molecule is CC(=O)c1c(C)oc2c(Cl)cc(NS(=O)(=O)c3ccccc3C)cc12. The maximum atomic E-state index is 12.6. The lowest BCUT2D eigenvalue weighted by molar-refractivity contribution is 0.101. The number of sulfonamides is 1. The molecule has 0 fully saturated rings. The first-order valence-electron chi connectivity index (χ1n) is 7.52. The molecule has 0 aliphatic rings. The van der Waals surface area contributed by atoms with Gasteiger partial charge in [-0.15, -0.1) is 0 Å². The van der Waals surface area contributed by atoms with Crippen molar-refractivity contribution in [3.05, 3.63) is 58.3 Å². The van der Waals surface area contributed by atoms with E-state index in [1.165, 1.54) is 19.1 Å². The van der Waals surface area contributed by atoms with Crippen LogP contribution in [0.5, 0.6) is 0 Å². The number of furan rings is 1. The highest BCUT2D eigenvalue weighted by atomic mass is 35.5. The number of benzene rings is 2. The molecule has 2 aromatic carbocycles. The van der Waals surface area contributed by atoms with Crippen LogP contribution in [0.4, 0.5) is 5.69 Å². The van der Waals surface area contributed by atoms with Crippen molar-refractivity contribution in [3.8, 4) is 0 Å². The van der Waals surface area contributed by atoms with Crippen molar-refractivity contribution in [3.63, 3.8) is 0 Å². The molecule has 130 valence electrons. The average molecular weight is 378 g/mol. The van der Waals surface area contributed by atoms with Crippen LogP contribution in [-0.4, -0.2) is 14.2 Å². The maximum absolute atomic E-state index is 12.6. The molecule has 1 N–H and O–H groups in total. The summed E-state index contributed by atoms with van der Waals surface area (Å²) in [5.74, 6) is 0.273. The molecule has 0 saturated heterocycles. The number of fused-ring (bicyclic) bond motifs is 1. The number of ketones is 1. The van der Waals surface area contributed by atoms with Gasteiger partial charge < -0.3 is 4.42 Å². The fourth-order valence-corrected chi connectivity index (χ4v) is 4.39. The molecule has 1 aromatic heterocycles. The number of anilines is 1. The van der Waals surface area contributed by atoms with Crippen LogP contribution in [0.25, 0.3) is 11.0 Å². The fraction of sp³-hybridized carbons (Fsp3) is 0.167. The van der Waals surface area contributed by atoms with Crippen molar-refractivity contribution in [2.75, 3.05) is 4.72 Å². The molecular formula is C18H16ClNO4S. The number of carbonyl (C=O) groups excluding carboxylic acids is 1. The van der Waals surface area contributed by atoms with Gasteiger partial charge in [0.05, 0.1) is 21.2 Å². The Balaban J connectivity index is 2.13. The van der Waals surface area contributed by atoms with Crippen LogP contribution in [0.2, 0.25) is 5.02 Å². The maximum Gasteiger partial charge on any atom is 0.262 e. The van der Waals surface area contributed by atoms with Gasteiger partial charge in [0, 0.05) is 5.39 Å². The van der Waals surface area contributed by atoms with E-state index in [2.05, 4.69) is 4.72 Å². The minimum absolute atomic E-state index is 0.175. The summed E-state index contributed by atoms with van der Waals surface area (Å²) in [5, 5.41) is 0.718. The van der Waals surface area contributed by atoms with Gasteiger partial charge in [-0.3, -0.25) is 9.52 Å². The standard InChI is InChI=1S/C18H16ClNO4S/c1-10-6-4-5-7-16(10)25(22,23)20-13-8-14-17(11(2)21)12(3)24-18(14)15(19)9-13/h4-9,20H,1-3H3. The highest BCUT2D eigenvalue weighted by molar-refractivity contribution is 7.92. The van der Waals surface area contributed by atoms with Gasteiger partial charge in [-0.25, -0.2) is 8.42 Å². The smallest absolute Gasteiger partial charge is 0.262 e. The van der Waals surface area contributed by atoms with Gasteiger partial charge in [-0.2, -0.15) is 0 Å². The van der Waals surface area contributed by atoms with E-state index in [4.69, 9.17) is 16.0 Å². The molecule has 0 unspecified atom stereocenters. The summed E-state index contributed by atoms with van der Waals surface area (Å²) in [5.41, 5.74) is 1.66. The molecule has 1 heterocycles. The summed E-state index contributed by atoms with van der Waals surface area (Å²) in [6.07, 6.45) is 0. The zero-order valence-corrected chi connectivity index (χ0v) is 15.5. The van der Waals surface area contributed by atoms with Crippen LogP contribution in [0, 0.1) is 13.8 Å². The Bertz CT molecular complexity index is 1100. The molecule has 3 rings (SSSR count). The van der Waals surface area contributed by atoms with Crippen molar-refractivity contribution < 1.29 is 17.6 Å². The van der Waals surface area contributed by atoms with Crippen LogP contribution in [-0.2, 0) is 10.0 Å². The normalized spacial score (nSPS) is 11.7. The van der Waals surface area contributed by atoms with Crippen LogP contribution in [0.3, 0.4) is 0 Å². The Kier molecular flexibility index (Phi) is 4.34. The third kappa shape index (κ3) is 3.15. The average Bonchev–Trinajstić information content (AvgIpc) is 2.84. The Labute approximate surface area is 150 Å². The molecular weight excluding hydrogens is 362 g/mol. The minimum Gasteiger partial charge on any atom is -0.459 e. The molecule has 0 aliphatic heterocycles. The van der Waals surface area contributed by atoms with Gasteiger partial charge in [0.15, 0.2) is 11.4 Å². The van der Waals surface area contributed by atoms with Gasteiger partial charge in [-0.1, -0.05) is 29.8 Å². The lowest BCUT2D eigenvalue weighted by atomic mass is 10.1. The van der Waals surface area contributed by atoms with Crippen molar-refractivity contribution in [2.24, 2.45) is 0 Å². The van der Waals surface area contributed by atoms with E-state index >= 15 is 0 Å². The second-order valence-corrected chi connectivity index (χ2v) is 7.85. The summed E-state index contributed by atoms with van der Waals surface area (Å²) in [6, 6.07) is 9.70. The first-order chi connectivity index (χ1) is 11.7. The summed E-state index contributed by atoms with van der Waals surface area (Å²) >= 11 is 6.22.